The van der Waals surface area contributed by atoms with Gasteiger partial charge in [0, 0.05) is 25.8 Å². The molecule has 3 rings (SSSR count). The van der Waals surface area contributed by atoms with E-state index in [0.29, 0.717) is 18.0 Å². The van der Waals surface area contributed by atoms with Gasteiger partial charge < -0.3 is 4.90 Å². The first kappa shape index (κ1) is 16.5. The third-order valence-electron chi connectivity index (χ3n) is 3.97. The molecule has 0 saturated heterocycles. The number of likely N-dealkylation sites (N-methyl/N-ethyl adjacent to an activating group) is 1. The Morgan fingerprint density at radius 1 is 0.875 bits per heavy atom. The molecule has 0 radical (unpaired) electrons. The number of nitrogens with one attached hydrogen (secondary N) is 1. The van der Waals surface area contributed by atoms with Crippen LogP contribution in [0.2, 0.25) is 0 Å². The van der Waals surface area contributed by atoms with Crippen molar-refractivity contribution >= 4 is 26.5 Å². The van der Waals surface area contributed by atoms with Crippen LogP contribution in [0.3, 0.4) is 0 Å². The summed E-state index contributed by atoms with van der Waals surface area (Å²) in [6.45, 7) is 0.942. The lowest BCUT2D eigenvalue weighted by Crippen LogP contribution is -2.33. The van der Waals surface area contributed by atoms with Gasteiger partial charge in [0.05, 0.1) is 4.90 Å². The molecule has 0 atom stereocenters. The van der Waals surface area contributed by atoms with Crippen LogP contribution in [-0.2, 0) is 10.0 Å². The highest BCUT2D eigenvalue weighted by atomic mass is 32.2. The van der Waals surface area contributed by atoms with Crippen LogP contribution < -0.4 is 9.62 Å². The third kappa shape index (κ3) is 3.75. The Bertz CT molecular complexity index is 924. The number of benzene rings is 3. The first-order chi connectivity index (χ1) is 11.6. The first-order valence-electron chi connectivity index (χ1n) is 7.81. The van der Waals surface area contributed by atoms with Crippen LogP contribution in [-0.4, -0.2) is 28.6 Å². The maximum absolute atomic E-state index is 12.5. The van der Waals surface area contributed by atoms with Crippen LogP contribution >= 0.6 is 0 Å². The van der Waals surface area contributed by atoms with E-state index in [1.54, 1.807) is 12.1 Å². The minimum atomic E-state index is -3.51. The van der Waals surface area contributed by atoms with Gasteiger partial charge in [0.2, 0.25) is 10.0 Å². The number of rotatable bonds is 6. The minimum Gasteiger partial charge on any atom is -0.373 e. The highest BCUT2D eigenvalue weighted by molar-refractivity contribution is 7.89. The lowest BCUT2D eigenvalue weighted by molar-refractivity contribution is 0.581. The van der Waals surface area contributed by atoms with Crippen molar-refractivity contribution in [3.05, 3.63) is 72.8 Å². The predicted octanol–water partition coefficient (Wildman–Crippen LogP) is 3.25. The van der Waals surface area contributed by atoms with Gasteiger partial charge in [-0.1, -0.05) is 48.5 Å². The molecule has 3 aromatic carbocycles. The lowest BCUT2D eigenvalue weighted by Gasteiger charge is -2.19. The van der Waals surface area contributed by atoms with Gasteiger partial charge in [0.15, 0.2) is 0 Å². The van der Waals surface area contributed by atoms with Crippen molar-refractivity contribution < 1.29 is 8.42 Å². The highest BCUT2D eigenvalue weighted by Crippen LogP contribution is 2.18. The SMILES string of the molecule is CN(CCNS(=O)(=O)c1ccc2ccccc2c1)c1ccccc1. The molecule has 3 aromatic rings. The summed E-state index contributed by atoms with van der Waals surface area (Å²) in [4.78, 5) is 2.31. The Kier molecular flexibility index (Phi) is 4.83. The summed E-state index contributed by atoms with van der Waals surface area (Å²) in [6, 6.07) is 22.8. The summed E-state index contributed by atoms with van der Waals surface area (Å²) in [5, 5.41) is 1.95. The van der Waals surface area contributed by atoms with Crippen molar-refractivity contribution in [2.45, 2.75) is 4.90 Å². The molecule has 0 unspecified atom stereocenters. The van der Waals surface area contributed by atoms with Gasteiger partial charge in [-0.05, 0) is 35.0 Å². The van der Waals surface area contributed by atoms with Crippen LogP contribution in [0.15, 0.2) is 77.7 Å². The average molecular weight is 340 g/mol. The van der Waals surface area contributed by atoms with E-state index in [9.17, 15) is 8.42 Å². The maximum Gasteiger partial charge on any atom is 0.240 e. The van der Waals surface area contributed by atoms with E-state index < -0.39 is 10.0 Å². The van der Waals surface area contributed by atoms with Crippen molar-refractivity contribution in [2.75, 3.05) is 25.0 Å². The number of para-hydroxylation sites is 1. The summed E-state index contributed by atoms with van der Waals surface area (Å²) >= 11 is 0. The highest BCUT2D eigenvalue weighted by Gasteiger charge is 2.14. The smallest absolute Gasteiger partial charge is 0.240 e. The summed E-state index contributed by atoms with van der Waals surface area (Å²) in [6.07, 6.45) is 0. The van der Waals surface area contributed by atoms with Gasteiger partial charge >= 0.3 is 0 Å². The molecule has 0 heterocycles. The van der Waals surface area contributed by atoms with Crippen LogP contribution in [0.25, 0.3) is 10.8 Å². The average Bonchev–Trinajstić information content (AvgIpc) is 2.62. The number of anilines is 1. The molecular formula is C19H20N2O2S. The van der Waals surface area contributed by atoms with Crippen LogP contribution in [0.5, 0.6) is 0 Å². The zero-order chi connectivity index (χ0) is 17.0. The monoisotopic (exact) mass is 340 g/mol. The second-order valence-corrected chi connectivity index (χ2v) is 7.43. The zero-order valence-corrected chi connectivity index (χ0v) is 14.3. The molecule has 0 amide bonds. The Hall–Kier alpha value is -2.37. The fraction of sp³-hybridized carbons (Fsp3) is 0.158. The topological polar surface area (TPSA) is 49.4 Å². The van der Waals surface area contributed by atoms with E-state index >= 15 is 0 Å². The molecule has 124 valence electrons. The normalized spacial score (nSPS) is 11.5. The third-order valence-corrected chi connectivity index (χ3v) is 5.43. The van der Waals surface area contributed by atoms with Gasteiger partial charge in [0.25, 0.3) is 0 Å². The second kappa shape index (κ2) is 7.03. The first-order valence-corrected chi connectivity index (χ1v) is 9.29. The summed E-state index contributed by atoms with van der Waals surface area (Å²) in [5.41, 5.74) is 1.06. The van der Waals surface area contributed by atoms with E-state index in [4.69, 9.17) is 0 Å². The number of sulfonamides is 1. The van der Waals surface area contributed by atoms with Crippen molar-refractivity contribution in [3.63, 3.8) is 0 Å². The maximum atomic E-state index is 12.5. The summed E-state index contributed by atoms with van der Waals surface area (Å²) in [7, 11) is -1.56. The lowest BCUT2D eigenvalue weighted by atomic mass is 10.1. The molecule has 5 heteroatoms. The summed E-state index contributed by atoms with van der Waals surface area (Å²) in [5.74, 6) is 0. The second-order valence-electron chi connectivity index (χ2n) is 5.66. The minimum absolute atomic E-state index is 0.295. The number of fused-ring (bicyclic) bond motifs is 1. The molecule has 0 aliphatic carbocycles. The van der Waals surface area contributed by atoms with Crippen LogP contribution in [0.1, 0.15) is 0 Å². The molecular weight excluding hydrogens is 320 g/mol. The molecule has 24 heavy (non-hydrogen) atoms. The van der Waals surface area contributed by atoms with Gasteiger partial charge in [-0.25, -0.2) is 13.1 Å². The van der Waals surface area contributed by atoms with Crippen molar-refractivity contribution in [1.82, 2.24) is 4.72 Å². The Balaban J connectivity index is 1.67. The van der Waals surface area contributed by atoms with Crippen LogP contribution in [0, 0.1) is 0 Å². The number of nitrogens with zero attached hydrogens (tertiary/aromatic N) is 1. The molecule has 0 aliphatic rings. The van der Waals surface area contributed by atoms with E-state index in [1.807, 2.05) is 72.6 Å². The Morgan fingerprint density at radius 2 is 1.54 bits per heavy atom. The predicted molar refractivity (Wildman–Crippen MR) is 98.8 cm³/mol. The molecule has 0 aliphatic heterocycles. The van der Waals surface area contributed by atoms with E-state index in [-0.39, 0.29) is 0 Å². The standard InChI is InChI=1S/C19H20N2O2S/c1-21(18-9-3-2-4-10-18)14-13-20-24(22,23)19-12-11-16-7-5-6-8-17(16)15-19/h2-12,15,20H,13-14H2,1H3. The van der Waals surface area contributed by atoms with Gasteiger partial charge in [-0.3, -0.25) is 0 Å². The van der Waals surface area contributed by atoms with Gasteiger partial charge in [0.1, 0.15) is 0 Å². The van der Waals surface area contributed by atoms with Gasteiger partial charge in [-0.15, -0.1) is 0 Å². The molecule has 0 fully saturated rings. The van der Waals surface area contributed by atoms with E-state index in [2.05, 4.69) is 4.72 Å². The Morgan fingerprint density at radius 3 is 2.29 bits per heavy atom. The molecule has 4 nitrogen and oxygen atoms in total. The quantitative estimate of drug-likeness (QED) is 0.749. The molecule has 0 saturated carbocycles. The van der Waals surface area contributed by atoms with E-state index in [0.717, 1.165) is 16.5 Å². The fourth-order valence-corrected chi connectivity index (χ4v) is 3.63. The fourth-order valence-electron chi connectivity index (χ4n) is 2.58. The van der Waals surface area contributed by atoms with Crippen molar-refractivity contribution in [2.24, 2.45) is 0 Å². The van der Waals surface area contributed by atoms with E-state index in [1.165, 1.54) is 0 Å². The molecule has 0 bridgehead atoms. The molecule has 0 spiro atoms. The molecule has 0 aromatic heterocycles. The van der Waals surface area contributed by atoms with Crippen molar-refractivity contribution in [3.8, 4) is 0 Å². The van der Waals surface area contributed by atoms with Crippen LogP contribution in [0.4, 0.5) is 5.69 Å². The summed E-state index contributed by atoms with van der Waals surface area (Å²) < 4.78 is 27.6. The van der Waals surface area contributed by atoms with Crippen molar-refractivity contribution in [1.29, 1.82) is 0 Å². The largest absolute Gasteiger partial charge is 0.373 e. The zero-order valence-electron chi connectivity index (χ0n) is 13.5. The van der Waals surface area contributed by atoms with Gasteiger partial charge in [-0.2, -0.15) is 0 Å². The molecule has 1 N–H and O–H groups in total. The number of hydrogen-bond acceptors (Lipinski definition) is 3. The Labute approximate surface area is 142 Å². The number of hydrogen-bond donors (Lipinski definition) is 1.